The lowest BCUT2D eigenvalue weighted by Gasteiger charge is -2.14. The van der Waals surface area contributed by atoms with Crippen LogP contribution in [0.15, 0.2) is 18.2 Å². The van der Waals surface area contributed by atoms with Crippen molar-refractivity contribution < 1.29 is 23.9 Å². The molecule has 4 amide bonds. The van der Waals surface area contributed by atoms with E-state index in [0.29, 0.717) is 24.6 Å². The first-order chi connectivity index (χ1) is 12.4. The Labute approximate surface area is 151 Å². The Morgan fingerprint density at radius 2 is 2.08 bits per heavy atom. The minimum atomic E-state index is -0.837. The maximum absolute atomic E-state index is 12.5. The van der Waals surface area contributed by atoms with E-state index in [1.165, 1.54) is 0 Å². The van der Waals surface area contributed by atoms with E-state index in [2.05, 4.69) is 10.6 Å². The third kappa shape index (κ3) is 4.05. The number of hydrogen-bond donors (Lipinski definition) is 2. The van der Waals surface area contributed by atoms with Crippen LogP contribution in [0.4, 0.5) is 4.79 Å². The molecular formula is C17H22N4O5. The summed E-state index contributed by atoms with van der Waals surface area (Å²) in [5, 5.41) is 5.30. The summed E-state index contributed by atoms with van der Waals surface area (Å²) in [5.74, 6) is 0.551. The monoisotopic (exact) mass is 362 g/mol. The Balaban J connectivity index is 1.56. The first-order valence-corrected chi connectivity index (χ1v) is 8.36. The van der Waals surface area contributed by atoms with E-state index in [4.69, 9.17) is 9.47 Å². The summed E-state index contributed by atoms with van der Waals surface area (Å²) >= 11 is 0. The molecule has 1 fully saturated rings. The predicted molar refractivity (Wildman–Crippen MR) is 91.6 cm³/mol. The van der Waals surface area contributed by atoms with Crippen molar-refractivity contribution in [1.82, 2.24) is 20.4 Å². The smallest absolute Gasteiger partial charge is 0.325 e. The van der Waals surface area contributed by atoms with E-state index in [-0.39, 0.29) is 25.7 Å². The van der Waals surface area contributed by atoms with Gasteiger partial charge in [0.15, 0.2) is 11.5 Å². The number of nitrogens with one attached hydrogen (secondary N) is 2. The van der Waals surface area contributed by atoms with Crippen molar-refractivity contribution in [2.45, 2.75) is 19.0 Å². The SMILES string of the molecule is CN(C)CCNC(=O)C[C@@H]1NC(=O)N(Cc2ccc3c(c2)OCO3)C1=O. The van der Waals surface area contributed by atoms with Crippen LogP contribution in [0, 0.1) is 0 Å². The molecule has 2 heterocycles. The molecule has 3 rings (SSSR count). The molecule has 140 valence electrons. The largest absolute Gasteiger partial charge is 0.454 e. The summed E-state index contributed by atoms with van der Waals surface area (Å²) < 4.78 is 10.5. The van der Waals surface area contributed by atoms with Gasteiger partial charge in [0.1, 0.15) is 6.04 Å². The summed E-state index contributed by atoms with van der Waals surface area (Å²) in [7, 11) is 3.81. The number of fused-ring (bicyclic) bond motifs is 1. The normalized spacial score (nSPS) is 18.4. The van der Waals surface area contributed by atoms with Gasteiger partial charge in [-0.25, -0.2) is 4.79 Å². The van der Waals surface area contributed by atoms with Gasteiger partial charge in [-0.1, -0.05) is 6.07 Å². The van der Waals surface area contributed by atoms with Gasteiger partial charge >= 0.3 is 6.03 Å². The molecular weight excluding hydrogens is 340 g/mol. The van der Waals surface area contributed by atoms with Crippen LogP contribution in [-0.2, 0) is 16.1 Å². The van der Waals surface area contributed by atoms with Crippen molar-refractivity contribution in [2.24, 2.45) is 0 Å². The molecule has 0 spiro atoms. The lowest BCUT2D eigenvalue weighted by Crippen LogP contribution is -2.38. The third-order valence-electron chi connectivity index (χ3n) is 4.16. The van der Waals surface area contributed by atoms with Crippen LogP contribution in [0.1, 0.15) is 12.0 Å². The number of benzene rings is 1. The van der Waals surface area contributed by atoms with Crippen LogP contribution < -0.4 is 20.1 Å². The standard InChI is InChI=1S/C17H22N4O5/c1-20(2)6-5-18-15(22)8-12-16(23)21(17(24)19-12)9-11-3-4-13-14(7-11)26-10-25-13/h3-4,7,12H,5-6,8-10H2,1-2H3,(H,18,22)(H,19,24)/t12-/m0/s1. The van der Waals surface area contributed by atoms with E-state index < -0.39 is 18.0 Å². The molecule has 26 heavy (non-hydrogen) atoms. The van der Waals surface area contributed by atoms with Crippen LogP contribution in [-0.4, -0.2) is 67.7 Å². The van der Waals surface area contributed by atoms with E-state index in [1.807, 2.05) is 19.0 Å². The summed E-state index contributed by atoms with van der Waals surface area (Å²) in [5.41, 5.74) is 0.744. The second-order valence-electron chi connectivity index (χ2n) is 6.47. The van der Waals surface area contributed by atoms with Gasteiger partial charge in [0.05, 0.1) is 13.0 Å². The summed E-state index contributed by atoms with van der Waals surface area (Å²) in [6, 6.07) is 3.92. The van der Waals surface area contributed by atoms with Crippen molar-refractivity contribution in [2.75, 3.05) is 34.0 Å². The topological polar surface area (TPSA) is 100 Å². The molecule has 0 aliphatic carbocycles. The van der Waals surface area contributed by atoms with Crippen LogP contribution in [0.3, 0.4) is 0 Å². The highest BCUT2D eigenvalue weighted by atomic mass is 16.7. The third-order valence-corrected chi connectivity index (χ3v) is 4.16. The number of imide groups is 1. The number of ether oxygens (including phenoxy) is 2. The molecule has 1 aromatic carbocycles. The summed E-state index contributed by atoms with van der Waals surface area (Å²) in [6.07, 6.45) is -0.0738. The highest BCUT2D eigenvalue weighted by molar-refractivity contribution is 6.05. The minimum Gasteiger partial charge on any atom is -0.454 e. The molecule has 9 heteroatoms. The Bertz CT molecular complexity index is 721. The van der Waals surface area contributed by atoms with Crippen LogP contribution >= 0.6 is 0 Å². The fraction of sp³-hybridized carbons (Fsp3) is 0.471. The second kappa shape index (κ2) is 7.61. The van der Waals surface area contributed by atoms with Gasteiger partial charge in [0, 0.05) is 13.1 Å². The summed E-state index contributed by atoms with van der Waals surface area (Å²) in [4.78, 5) is 39.6. The Morgan fingerprint density at radius 3 is 2.85 bits per heavy atom. The van der Waals surface area contributed by atoms with Gasteiger partial charge in [-0.05, 0) is 31.8 Å². The zero-order chi connectivity index (χ0) is 18.7. The Morgan fingerprint density at radius 1 is 1.31 bits per heavy atom. The molecule has 1 aromatic rings. The highest BCUT2D eigenvalue weighted by Crippen LogP contribution is 2.33. The fourth-order valence-electron chi connectivity index (χ4n) is 2.76. The van der Waals surface area contributed by atoms with E-state index >= 15 is 0 Å². The van der Waals surface area contributed by atoms with Crippen molar-refractivity contribution in [3.05, 3.63) is 23.8 Å². The quantitative estimate of drug-likeness (QED) is 0.657. The van der Waals surface area contributed by atoms with E-state index in [0.717, 1.165) is 10.5 Å². The zero-order valence-electron chi connectivity index (χ0n) is 14.8. The Kier molecular flexibility index (Phi) is 5.27. The molecule has 1 saturated heterocycles. The average molecular weight is 362 g/mol. The Hall–Kier alpha value is -2.81. The number of carbonyl (C=O) groups is 3. The maximum Gasteiger partial charge on any atom is 0.325 e. The van der Waals surface area contributed by atoms with E-state index in [1.54, 1.807) is 18.2 Å². The van der Waals surface area contributed by atoms with Gasteiger partial charge in [-0.2, -0.15) is 0 Å². The number of hydrogen-bond acceptors (Lipinski definition) is 6. The van der Waals surface area contributed by atoms with E-state index in [9.17, 15) is 14.4 Å². The van der Waals surface area contributed by atoms with Crippen molar-refractivity contribution in [3.8, 4) is 11.5 Å². The lowest BCUT2D eigenvalue weighted by atomic mass is 10.1. The number of likely N-dealkylation sites (N-methyl/N-ethyl adjacent to an activating group) is 1. The summed E-state index contributed by atoms with van der Waals surface area (Å²) in [6.45, 7) is 1.46. The number of urea groups is 1. The van der Waals surface area contributed by atoms with Crippen molar-refractivity contribution >= 4 is 17.8 Å². The van der Waals surface area contributed by atoms with Crippen molar-refractivity contribution in [3.63, 3.8) is 0 Å². The average Bonchev–Trinajstić information content (AvgIpc) is 3.14. The highest BCUT2D eigenvalue weighted by Gasteiger charge is 2.39. The molecule has 9 nitrogen and oxygen atoms in total. The number of amides is 4. The lowest BCUT2D eigenvalue weighted by molar-refractivity contribution is -0.131. The molecule has 2 N–H and O–H groups in total. The number of carbonyl (C=O) groups excluding carboxylic acids is 3. The van der Waals surface area contributed by atoms with Crippen molar-refractivity contribution in [1.29, 1.82) is 0 Å². The van der Waals surface area contributed by atoms with Gasteiger partial charge in [0.25, 0.3) is 5.91 Å². The molecule has 0 unspecified atom stereocenters. The maximum atomic E-state index is 12.5. The minimum absolute atomic E-state index is 0.0738. The van der Waals surface area contributed by atoms with Crippen LogP contribution in [0.2, 0.25) is 0 Å². The molecule has 0 aromatic heterocycles. The number of nitrogens with zero attached hydrogens (tertiary/aromatic N) is 2. The molecule has 1 atom stereocenters. The van der Waals surface area contributed by atoms with Crippen LogP contribution in [0.25, 0.3) is 0 Å². The molecule has 0 radical (unpaired) electrons. The fourth-order valence-corrected chi connectivity index (χ4v) is 2.76. The molecule has 2 aliphatic rings. The predicted octanol–water partition coefficient (Wildman–Crippen LogP) is -0.0964. The molecule has 0 bridgehead atoms. The molecule has 0 saturated carbocycles. The first kappa shape index (κ1) is 18.0. The van der Waals surface area contributed by atoms with Crippen LogP contribution in [0.5, 0.6) is 11.5 Å². The van der Waals surface area contributed by atoms with Gasteiger partial charge < -0.3 is 25.0 Å². The van der Waals surface area contributed by atoms with Gasteiger partial charge in [-0.15, -0.1) is 0 Å². The zero-order valence-corrected chi connectivity index (χ0v) is 14.8. The number of rotatable bonds is 7. The van der Waals surface area contributed by atoms with Gasteiger partial charge in [0.2, 0.25) is 12.7 Å². The molecule has 2 aliphatic heterocycles. The van der Waals surface area contributed by atoms with Gasteiger partial charge in [-0.3, -0.25) is 14.5 Å². The second-order valence-corrected chi connectivity index (χ2v) is 6.47. The first-order valence-electron chi connectivity index (χ1n) is 8.36.